The predicted octanol–water partition coefficient (Wildman–Crippen LogP) is 2.75. The third-order valence-electron chi connectivity index (χ3n) is 5.35. The zero-order valence-corrected chi connectivity index (χ0v) is 19.1. The van der Waals surface area contributed by atoms with Crippen LogP contribution in [0.3, 0.4) is 0 Å². The summed E-state index contributed by atoms with van der Waals surface area (Å²) in [6.07, 6.45) is 0.188. The molecule has 2 aliphatic heterocycles. The van der Waals surface area contributed by atoms with Crippen molar-refractivity contribution in [2.45, 2.75) is 19.4 Å². The number of anilines is 3. The highest BCUT2D eigenvalue weighted by Crippen LogP contribution is 2.38. The molecule has 3 amide bonds. The van der Waals surface area contributed by atoms with Crippen LogP contribution in [0.1, 0.15) is 13.3 Å². The molecular weight excluding hydrogens is 448 g/mol. The minimum Gasteiger partial charge on any atom is -0.486 e. The first kappa shape index (κ1) is 22.9. The number of nitrogens with zero attached hydrogens (tertiary/aromatic N) is 2. The molecule has 0 aromatic heterocycles. The molecule has 2 N–H and O–H groups in total. The molecular formula is C23H25ClN4O5. The number of fused-ring (bicyclic) bond motifs is 2. The SMILES string of the molecule is C[C@H]1CC(=O)Nc2ccccc2N1C(=O)CN(C)CC(=O)Nc1cc2c(cc1Cl)OCCO2. The summed E-state index contributed by atoms with van der Waals surface area (Å²) in [5.74, 6) is 0.367. The van der Waals surface area contributed by atoms with Gasteiger partial charge in [0.25, 0.3) is 0 Å². The van der Waals surface area contributed by atoms with Crippen LogP contribution >= 0.6 is 11.6 Å². The Bertz CT molecular complexity index is 1090. The van der Waals surface area contributed by atoms with E-state index >= 15 is 0 Å². The molecule has 0 bridgehead atoms. The maximum absolute atomic E-state index is 13.2. The molecule has 0 saturated heterocycles. The first-order chi connectivity index (χ1) is 15.8. The zero-order valence-electron chi connectivity index (χ0n) is 18.4. The van der Waals surface area contributed by atoms with Crippen LogP contribution in [-0.4, -0.2) is 62.0 Å². The first-order valence-corrected chi connectivity index (χ1v) is 11.0. The van der Waals surface area contributed by atoms with Gasteiger partial charge in [-0.3, -0.25) is 19.3 Å². The molecule has 0 aliphatic carbocycles. The third-order valence-corrected chi connectivity index (χ3v) is 5.67. The Morgan fingerprint density at radius 2 is 1.88 bits per heavy atom. The summed E-state index contributed by atoms with van der Waals surface area (Å²) in [5.41, 5.74) is 1.64. The molecule has 33 heavy (non-hydrogen) atoms. The molecule has 2 aromatic carbocycles. The number of rotatable bonds is 5. The molecule has 1 atom stereocenters. The average Bonchev–Trinajstić information content (AvgIpc) is 2.88. The van der Waals surface area contributed by atoms with E-state index in [0.29, 0.717) is 46.8 Å². The molecule has 174 valence electrons. The molecule has 2 aliphatic rings. The maximum Gasteiger partial charge on any atom is 0.241 e. The van der Waals surface area contributed by atoms with Gasteiger partial charge in [-0.15, -0.1) is 0 Å². The lowest BCUT2D eigenvalue weighted by molar-refractivity contribution is -0.121. The van der Waals surface area contributed by atoms with E-state index in [-0.39, 0.29) is 43.3 Å². The van der Waals surface area contributed by atoms with Crippen LogP contribution in [-0.2, 0) is 14.4 Å². The van der Waals surface area contributed by atoms with Crippen molar-refractivity contribution in [1.82, 2.24) is 4.90 Å². The third kappa shape index (κ3) is 5.20. The van der Waals surface area contributed by atoms with Crippen molar-refractivity contribution in [3.8, 4) is 11.5 Å². The number of likely N-dealkylation sites (N-methyl/N-ethyl adjacent to an activating group) is 1. The van der Waals surface area contributed by atoms with E-state index in [1.807, 2.05) is 13.0 Å². The Morgan fingerprint density at radius 3 is 2.64 bits per heavy atom. The van der Waals surface area contributed by atoms with Crippen LogP contribution in [0.2, 0.25) is 5.02 Å². The Morgan fingerprint density at radius 1 is 1.18 bits per heavy atom. The van der Waals surface area contributed by atoms with Gasteiger partial charge in [0.15, 0.2) is 11.5 Å². The number of amides is 3. The van der Waals surface area contributed by atoms with E-state index in [0.717, 1.165) is 0 Å². The normalized spacial score (nSPS) is 17.2. The van der Waals surface area contributed by atoms with Gasteiger partial charge in [0.05, 0.1) is 35.2 Å². The first-order valence-electron chi connectivity index (χ1n) is 10.6. The molecule has 10 heteroatoms. The molecule has 2 heterocycles. The van der Waals surface area contributed by atoms with E-state index in [1.165, 1.54) is 0 Å². The fraction of sp³-hybridized carbons (Fsp3) is 0.348. The number of nitrogens with one attached hydrogen (secondary N) is 2. The quantitative estimate of drug-likeness (QED) is 0.694. The van der Waals surface area contributed by atoms with Gasteiger partial charge in [0.1, 0.15) is 13.2 Å². The fourth-order valence-electron chi connectivity index (χ4n) is 3.93. The molecule has 0 spiro atoms. The van der Waals surface area contributed by atoms with E-state index in [9.17, 15) is 14.4 Å². The van der Waals surface area contributed by atoms with Crippen molar-refractivity contribution in [1.29, 1.82) is 0 Å². The van der Waals surface area contributed by atoms with Crippen LogP contribution in [0.15, 0.2) is 36.4 Å². The number of benzene rings is 2. The second-order valence-electron chi connectivity index (χ2n) is 8.08. The highest BCUT2D eigenvalue weighted by atomic mass is 35.5. The van der Waals surface area contributed by atoms with Crippen molar-refractivity contribution in [3.63, 3.8) is 0 Å². The van der Waals surface area contributed by atoms with Crippen LogP contribution in [0, 0.1) is 0 Å². The van der Waals surface area contributed by atoms with Gasteiger partial charge in [-0.2, -0.15) is 0 Å². The average molecular weight is 473 g/mol. The molecule has 4 rings (SSSR count). The highest BCUT2D eigenvalue weighted by Gasteiger charge is 2.30. The van der Waals surface area contributed by atoms with Gasteiger partial charge in [0.2, 0.25) is 17.7 Å². The maximum atomic E-state index is 13.2. The number of carbonyl (C=O) groups excluding carboxylic acids is 3. The van der Waals surface area contributed by atoms with Crippen LogP contribution < -0.4 is 25.0 Å². The van der Waals surface area contributed by atoms with Crippen molar-refractivity contribution in [3.05, 3.63) is 41.4 Å². The molecule has 0 radical (unpaired) electrons. The van der Waals surface area contributed by atoms with Crippen molar-refractivity contribution < 1.29 is 23.9 Å². The summed E-state index contributed by atoms with van der Waals surface area (Å²) >= 11 is 6.26. The molecule has 0 unspecified atom stereocenters. The van der Waals surface area contributed by atoms with Gasteiger partial charge < -0.3 is 25.0 Å². The number of hydrogen-bond acceptors (Lipinski definition) is 6. The van der Waals surface area contributed by atoms with Gasteiger partial charge in [-0.25, -0.2) is 0 Å². The van der Waals surface area contributed by atoms with Crippen molar-refractivity contribution >= 4 is 46.4 Å². The molecule has 2 aromatic rings. The number of hydrogen-bond donors (Lipinski definition) is 2. The Hall–Kier alpha value is -3.30. The lowest BCUT2D eigenvalue weighted by atomic mass is 10.1. The van der Waals surface area contributed by atoms with E-state index in [4.69, 9.17) is 21.1 Å². The van der Waals surface area contributed by atoms with Crippen molar-refractivity contribution in [2.75, 3.05) is 48.9 Å². The second-order valence-corrected chi connectivity index (χ2v) is 8.49. The molecule has 0 saturated carbocycles. The number of carbonyl (C=O) groups is 3. The highest BCUT2D eigenvalue weighted by molar-refractivity contribution is 6.34. The number of ether oxygens (including phenoxy) is 2. The topological polar surface area (TPSA) is 100 Å². The van der Waals surface area contributed by atoms with Gasteiger partial charge in [-0.1, -0.05) is 23.7 Å². The van der Waals surface area contributed by atoms with Crippen LogP contribution in [0.4, 0.5) is 17.1 Å². The summed E-state index contributed by atoms with van der Waals surface area (Å²) in [6, 6.07) is 10.1. The van der Waals surface area contributed by atoms with E-state index in [1.54, 1.807) is 47.2 Å². The monoisotopic (exact) mass is 472 g/mol. The lowest BCUT2D eigenvalue weighted by Gasteiger charge is -2.29. The lowest BCUT2D eigenvalue weighted by Crippen LogP contribution is -2.45. The zero-order chi connectivity index (χ0) is 23.5. The Balaban J connectivity index is 1.40. The molecule has 0 fully saturated rings. The Labute approximate surface area is 196 Å². The minimum absolute atomic E-state index is 0.00481. The van der Waals surface area contributed by atoms with Crippen molar-refractivity contribution in [2.24, 2.45) is 0 Å². The smallest absolute Gasteiger partial charge is 0.241 e. The summed E-state index contributed by atoms with van der Waals surface area (Å²) in [5, 5.41) is 5.92. The summed E-state index contributed by atoms with van der Waals surface area (Å²) in [4.78, 5) is 41.1. The standard InChI is InChI=1S/C23H25ClN4O5/c1-14-9-21(29)25-16-5-3-4-6-18(16)28(14)23(31)13-27(2)12-22(30)26-17-11-20-19(10-15(17)24)32-7-8-33-20/h3-6,10-11,14H,7-9,12-13H2,1-2H3,(H,25,29)(H,26,30)/t14-/m0/s1. The van der Waals surface area contributed by atoms with Gasteiger partial charge in [0, 0.05) is 24.6 Å². The van der Waals surface area contributed by atoms with E-state index in [2.05, 4.69) is 10.6 Å². The summed E-state index contributed by atoms with van der Waals surface area (Å²) in [6.45, 7) is 2.66. The minimum atomic E-state index is -0.329. The Kier molecular flexibility index (Phi) is 6.71. The van der Waals surface area contributed by atoms with Gasteiger partial charge >= 0.3 is 0 Å². The largest absolute Gasteiger partial charge is 0.486 e. The fourth-order valence-corrected chi connectivity index (χ4v) is 4.13. The van der Waals surface area contributed by atoms with Crippen LogP contribution in [0.5, 0.6) is 11.5 Å². The predicted molar refractivity (Wildman–Crippen MR) is 125 cm³/mol. The summed E-state index contributed by atoms with van der Waals surface area (Å²) in [7, 11) is 1.68. The summed E-state index contributed by atoms with van der Waals surface area (Å²) < 4.78 is 11.0. The van der Waals surface area contributed by atoms with Crippen LogP contribution in [0.25, 0.3) is 0 Å². The second kappa shape index (κ2) is 9.68. The van der Waals surface area contributed by atoms with E-state index < -0.39 is 0 Å². The number of para-hydroxylation sites is 2. The molecule has 9 nitrogen and oxygen atoms in total. The number of halogens is 1. The van der Waals surface area contributed by atoms with Gasteiger partial charge in [-0.05, 0) is 26.1 Å².